The first-order valence-corrected chi connectivity index (χ1v) is 10.1. The molecule has 0 fully saturated rings. The molecule has 3 N–H and O–H groups in total. The highest BCUT2D eigenvalue weighted by molar-refractivity contribution is 7.98. The van der Waals surface area contributed by atoms with Crippen LogP contribution in [0.15, 0.2) is 35.9 Å². The predicted octanol–water partition coefficient (Wildman–Crippen LogP) is 2.23. The summed E-state index contributed by atoms with van der Waals surface area (Å²) in [7, 11) is 0. The highest BCUT2D eigenvalue weighted by atomic mass is 35.5. The lowest BCUT2D eigenvalue weighted by atomic mass is 10.1. The molecule has 0 saturated carbocycles. The fourth-order valence-electron chi connectivity index (χ4n) is 2.54. The van der Waals surface area contributed by atoms with E-state index < -0.39 is 6.04 Å². The first-order valence-electron chi connectivity index (χ1n) is 8.32. The van der Waals surface area contributed by atoms with E-state index in [-0.39, 0.29) is 11.8 Å². The van der Waals surface area contributed by atoms with Gasteiger partial charge in [0.2, 0.25) is 5.91 Å². The third-order valence-corrected chi connectivity index (χ3v) is 4.97. The van der Waals surface area contributed by atoms with Crippen molar-refractivity contribution in [2.45, 2.75) is 18.9 Å². The Morgan fingerprint density at radius 3 is 2.84 bits per heavy atom. The lowest BCUT2D eigenvalue weighted by Gasteiger charge is -2.20. The van der Waals surface area contributed by atoms with Gasteiger partial charge in [-0.05, 0) is 43.5 Å². The number of rotatable bonds is 8. The largest absolute Gasteiger partial charge is 0.351 e. The molecule has 0 aromatic heterocycles. The molecule has 0 spiro atoms. The summed E-state index contributed by atoms with van der Waals surface area (Å²) in [6.45, 7) is 2.30. The van der Waals surface area contributed by atoms with Gasteiger partial charge in [0.05, 0.1) is 10.6 Å². The summed E-state index contributed by atoms with van der Waals surface area (Å²) in [4.78, 5) is 25.0. The standard InChI is InChI=1S/C18H24ClN3O2S/c1-25-11-8-16(18(24)21-12-13-6-9-20-10-7-13)22-17(23)14-4-2-3-5-15(14)19/h2-6,16,20H,7-12H2,1H3,(H,21,24)(H,22,23). The summed E-state index contributed by atoms with van der Waals surface area (Å²) in [5.74, 6) is 0.301. The first-order chi connectivity index (χ1) is 12.1. The topological polar surface area (TPSA) is 70.2 Å². The van der Waals surface area contributed by atoms with E-state index in [1.54, 1.807) is 36.0 Å². The molecule has 0 radical (unpaired) electrons. The Labute approximate surface area is 158 Å². The van der Waals surface area contributed by atoms with Crippen LogP contribution in [0.2, 0.25) is 5.02 Å². The van der Waals surface area contributed by atoms with E-state index in [0.717, 1.165) is 25.3 Å². The highest BCUT2D eigenvalue weighted by Crippen LogP contribution is 2.15. The van der Waals surface area contributed by atoms with E-state index in [2.05, 4.69) is 22.0 Å². The number of amides is 2. The Morgan fingerprint density at radius 2 is 2.16 bits per heavy atom. The molecule has 2 amide bonds. The first kappa shape index (κ1) is 19.8. The van der Waals surface area contributed by atoms with Gasteiger partial charge >= 0.3 is 0 Å². The summed E-state index contributed by atoms with van der Waals surface area (Å²) in [5, 5.41) is 9.38. The Bertz CT molecular complexity index is 637. The zero-order valence-corrected chi connectivity index (χ0v) is 15.9. The lowest BCUT2D eigenvalue weighted by Crippen LogP contribution is -2.47. The van der Waals surface area contributed by atoms with E-state index in [1.807, 2.05) is 6.26 Å². The second kappa shape index (κ2) is 10.5. The maximum atomic E-state index is 12.5. The van der Waals surface area contributed by atoms with Crippen LogP contribution in [-0.2, 0) is 4.79 Å². The van der Waals surface area contributed by atoms with Gasteiger partial charge in [-0.2, -0.15) is 11.8 Å². The van der Waals surface area contributed by atoms with Crippen molar-refractivity contribution in [2.75, 3.05) is 31.6 Å². The van der Waals surface area contributed by atoms with Crippen molar-refractivity contribution in [1.29, 1.82) is 0 Å². The lowest BCUT2D eigenvalue weighted by molar-refractivity contribution is -0.122. The summed E-state index contributed by atoms with van der Waals surface area (Å²) < 4.78 is 0. The maximum absolute atomic E-state index is 12.5. The van der Waals surface area contributed by atoms with Crippen LogP contribution in [0, 0.1) is 0 Å². The fourth-order valence-corrected chi connectivity index (χ4v) is 3.23. The van der Waals surface area contributed by atoms with E-state index in [4.69, 9.17) is 11.6 Å². The van der Waals surface area contributed by atoms with Gasteiger partial charge in [-0.15, -0.1) is 0 Å². The maximum Gasteiger partial charge on any atom is 0.253 e. The number of thioether (sulfide) groups is 1. The van der Waals surface area contributed by atoms with Gasteiger partial charge in [-0.3, -0.25) is 9.59 Å². The zero-order valence-electron chi connectivity index (χ0n) is 14.3. The molecule has 0 saturated heterocycles. The smallest absolute Gasteiger partial charge is 0.253 e. The van der Waals surface area contributed by atoms with Crippen molar-refractivity contribution in [2.24, 2.45) is 0 Å². The van der Waals surface area contributed by atoms with Crippen LogP contribution >= 0.6 is 23.4 Å². The molecule has 1 aromatic carbocycles. The Morgan fingerprint density at radius 1 is 1.36 bits per heavy atom. The zero-order chi connectivity index (χ0) is 18.1. The highest BCUT2D eigenvalue weighted by Gasteiger charge is 2.22. The fraction of sp³-hybridized carbons (Fsp3) is 0.444. The van der Waals surface area contributed by atoms with Gasteiger partial charge in [0.25, 0.3) is 5.91 Å². The molecule has 1 heterocycles. The Hall–Kier alpha value is -1.50. The number of hydrogen-bond donors (Lipinski definition) is 3. The molecule has 1 aliphatic heterocycles. The summed E-state index contributed by atoms with van der Waals surface area (Å²) in [6.07, 6.45) is 5.58. The van der Waals surface area contributed by atoms with Crippen molar-refractivity contribution in [3.05, 3.63) is 46.5 Å². The second-order valence-electron chi connectivity index (χ2n) is 5.82. The minimum absolute atomic E-state index is 0.158. The molecule has 0 aliphatic carbocycles. The van der Waals surface area contributed by atoms with Crippen LogP contribution < -0.4 is 16.0 Å². The molecule has 25 heavy (non-hydrogen) atoms. The number of carbonyl (C=O) groups excluding carboxylic acids is 2. The minimum atomic E-state index is -0.571. The van der Waals surface area contributed by atoms with Crippen LogP contribution in [0.3, 0.4) is 0 Å². The van der Waals surface area contributed by atoms with Crippen LogP contribution in [0.1, 0.15) is 23.2 Å². The summed E-state index contributed by atoms with van der Waals surface area (Å²) in [5.41, 5.74) is 1.60. The summed E-state index contributed by atoms with van der Waals surface area (Å²) >= 11 is 7.71. The average Bonchev–Trinajstić information content (AvgIpc) is 2.64. The van der Waals surface area contributed by atoms with E-state index in [9.17, 15) is 9.59 Å². The number of hydrogen-bond acceptors (Lipinski definition) is 4. The minimum Gasteiger partial charge on any atom is -0.351 e. The molecule has 7 heteroatoms. The summed E-state index contributed by atoms with van der Waals surface area (Å²) in [6, 6.07) is 6.27. The molecule has 1 aliphatic rings. The van der Waals surface area contributed by atoms with Gasteiger partial charge in [-0.1, -0.05) is 35.4 Å². The number of carbonyl (C=O) groups is 2. The molecule has 136 valence electrons. The Balaban J connectivity index is 1.96. The molecular formula is C18H24ClN3O2S. The number of halogens is 1. The molecule has 0 bridgehead atoms. The second-order valence-corrected chi connectivity index (χ2v) is 7.21. The van der Waals surface area contributed by atoms with Gasteiger partial charge in [0, 0.05) is 13.1 Å². The van der Waals surface area contributed by atoms with E-state index >= 15 is 0 Å². The molecule has 1 unspecified atom stereocenters. The molecule has 2 rings (SSSR count). The van der Waals surface area contributed by atoms with Gasteiger partial charge < -0.3 is 16.0 Å². The third kappa shape index (κ3) is 6.38. The molecule has 1 atom stereocenters. The van der Waals surface area contributed by atoms with Gasteiger partial charge in [0.15, 0.2) is 0 Å². The Kier molecular flexibility index (Phi) is 8.31. The molecule has 5 nitrogen and oxygen atoms in total. The molecule has 1 aromatic rings. The number of nitrogens with one attached hydrogen (secondary N) is 3. The van der Waals surface area contributed by atoms with Crippen LogP contribution in [0.4, 0.5) is 0 Å². The van der Waals surface area contributed by atoms with Crippen LogP contribution in [-0.4, -0.2) is 49.5 Å². The van der Waals surface area contributed by atoms with Gasteiger partial charge in [-0.25, -0.2) is 0 Å². The van der Waals surface area contributed by atoms with Crippen LogP contribution in [0.25, 0.3) is 0 Å². The monoisotopic (exact) mass is 381 g/mol. The normalized spacial score (nSPS) is 15.2. The van der Waals surface area contributed by atoms with Crippen molar-refractivity contribution in [3.63, 3.8) is 0 Å². The quantitative estimate of drug-likeness (QED) is 0.604. The van der Waals surface area contributed by atoms with Crippen molar-refractivity contribution >= 4 is 35.2 Å². The van der Waals surface area contributed by atoms with Crippen molar-refractivity contribution < 1.29 is 9.59 Å². The molecular weight excluding hydrogens is 358 g/mol. The predicted molar refractivity (Wildman–Crippen MR) is 104 cm³/mol. The average molecular weight is 382 g/mol. The van der Waals surface area contributed by atoms with E-state index in [1.165, 1.54) is 5.57 Å². The SMILES string of the molecule is CSCCC(NC(=O)c1ccccc1Cl)C(=O)NCC1=CCNCC1. The van der Waals surface area contributed by atoms with E-state index in [0.29, 0.717) is 23.6 Å². The van der Waals surface area contributed by atoms with Crippen LogP contribution in [0.5, 0.6) is 0 Å². The van der Waals surface area contributed by atoms with Gasteiger partial charge in [0.1, 0.15) is 6.04 Å². The van der Waals surface area contributed by atoms with Crippen molar-refractivity contribution in [3.8, 4) is 0 Å². The number of benzene rings is 1. The third-order valence-electron chi connectivity index (χ3n) is 4.00. The van der Waals surface area contributed by atoms with Crippen molar-refractivity contribution in [1.82, 2.24) is 16.0 Å².